The maximum absolute atomic E-state index is 12.1. The van der Waals surface area contributed by atoms with Gasteiger partial charge in [0, 0.05) is 13.0 Å². The molecular formula is C14H17NO3. The zero-order chi connectivity index (χ0) is 13.3. The Labute approximate surface area is 106 Å². The van der Waals surface area contributed by atoms with Crippen LogP contribution in [-0.2, 0) is 9.59 Å². The first-order chi connectivity index (χ1) is 8.52. The second kappa shape index (κ2) is 4.80. The van der Waals surface area contributed by atoms with Crippen molar-refractivity contribution in [3.63, 3.8) is 0 Å². The molecule has 0 bridgehead atoms. The van der Waals surface area contributed by atoms with Crippen LogP contribution in [0.25, 0.3) is 0 Å². The summed E-state index contributed by atoms with van der Waals surface area (Å²) in [5.41, 5.74) is 1.16. The lowest BCUT2D eigenvalue weighted by Crippen LogP contribution is -2.41. The molecule has 1 saturated carbocycles. The van der Waals surface area contributed by atoms with E-state index in [4.69, 9.17) is 5.11 Å². The first-order valence-corrected chi connectivity index (χ1v) is 6.06. The first kappa shape index (κ1) is 12.6. The number of benzene rings is 1. The molecule has 2 rings (SSSR count). The number of likely N-dealkylation sites (N-methyl/N-ethyl adjacent to an activating group) is 1. The standard InChI is InChI=1S/C14H17NO3/c1-9(14(17)18)15(2)13(16)12-8-11(12)10-6-4-3-5-7-10/h3-7,9,11-12H,8H2,1-2H3,(H,17,18). The fourth-order valence-corrected chi connectivity index (χ4v) is 2.15. The third-order valence-electron chi connectivity index (χ3n) is 3.62. The molecule has 4 heteroatoms. The van der Waals surface area contributed by atoms with Crippen LogP contribution in [0, 0.1) is 5.92 Å². The van der Waals surface area contributed by atoms with E-state index < -0.39 is 12.0 Å². The van der Waals surface area contributed by atoms with Crippen LogP contribution in [0.5, 0.6) is 0 Å². The summed E-state index contributed by atoms with van der Waals surface area (Å²) in [7, 11) is 1.56. The molecule has 1 amide bonds. The van der Waals surface area contributed by atoms with E-state index >= 15 is 0 Å². The van der Waals surface area contributed by atoms with Crippen LogP contribution in [0.1, 0.15) is 24.8 Å². The van der Waals surface area contributed by atoms with Gasteiger partial charge in [-0.25, -0.2) is 4.79 Å². The van der Waals surface area contributed by atoms with Crippen molar-refractivity contribution < 1.29 is 14.7 Å². The molecule has 1 aromatic rings. The number of carboxylic acids is 1. The number of nitrogens with zero attached hydrogens (tertiary/aromatic N) is 1. The van der Waals surface area contributed by atoms with Gasteiger partial charge in [-0.3, -0.25) is 4.79 Å². The third-order valence-corrected chi connectivity index (χ3v) is 3.62. The van der Waals surface area contributed by atoms with Crippen molar-refractivity contribution >= 4 is 11.9 Å². The van der Waals surface area contributed by atoms with Gasteiger partial charge in [-0.1, -0.05) is 30.3 Å². The molecule has 1 aliphatic rings. The van der Waals surface area contributed by atoms with Crippen molar-refractivity contribution in [3.05, 3.63) is 35.9 Å². The summed E-state index contributed by atoms with van der Waals surface area (Å²) < 4.78 is 0. The molecule has 1 fully saturated rings. The zero-order valence-corrected chi connectivity index (χ0v) is 10.5. The molecule has 0 saturated heterocycles. The van der Waals surface area contributed by atoms with Crippen molar-refractivity contribution in [2.45, 2.75) is 25.3 Å². The Morgan fingerprint density at radius 2 is 1.94 bits per heavy atom. The van der Waals surface area contributed by atoms with E-state index in [1.165, 1.54) is 11.8 Å². The van der Waals surface area contributed by atoms with E-state index in [0.29, 0.717) is 0 Å². The lowest BCUT2D eigenvalue weighted by molar-refractivity contribution is -0.148. The smallest absolute Gasteiger partial charge is 0.326 e. The Bertz CT molecular complexity index is 457. The van der Waals surface area contributed by atoms with Crippen molar-refractivity contribution in [2.75, 3.05) is 7.05 Å². The van der Waals surface area contributed by atoms with Gasteiger partial charge in [0.15, 0.2) is 0 Å². The lowest BCUT2D eigenvalue weighted by atomic mass is 10.1. The van der Waals surface area contributed by atoms with Crippen molar-refractivity contribution in [3.8, 4) is 0 Å². The maximum atomic E-state index is 12.1. The molecule has 0 aromatic heterocycles. The van der Waals surface area contributed by atoms with E-state index in [-0.39, 0.29) is 17.7 Å². The normalized spacial score (nSPS) is 23.2. The molecule has 0 heterocycles. The van der Waals surface area contributed by atoms with Gasteiger partial charge < -0.3 is 10.0 Å². The molecule has 1 aliphatic carbocycles. The topological polar surface area (TPSA) is 57.6 Å². The Kier molecular flexibility index (Phi) is 3.36. The quantitative estimate of drug-likeness (QED) is 0.881. The largest absolute Gasteiger partial charge is 0.480 e. The van der Waals surface area contributed by atoms with Gasteiger partial charge in [0.05, 0.1) is 0 Å². The predicted octanol–water partition coefficient (Wildman–Crippen LogP) is 1.72. The van der Waals surface area contributed by atoms with E-state index in [1.54, 1.807) is 7.05 Å². The van der Waals surface area contributed by atoms with Crippen LogP contribution in [0.4, 0.5) is 0 Å². The summed E-state index contributed by atoms with van der Waals surface area (Å²) in [4.78, 5) is 24.3. The van der Waals surface area contributed by atoms with Gasteiger partial charge in [-0.2, -0.15) is 0 Å². The second-order valence-electron chi connectivity index (χ2n) is 4.82. The monoisotopic (exact) mass is 247 g/mol. The van der Waals surface area contributed by atoms with E-state index in [0.717, 1.165) is 12.0 Å². The summed E-state index contributed by atoms with van der Waals surface area (Å²) in [5.74, 6) is -0.845. The second-order valence-corrected chi connectivity index (χ2v) is 4.82. The molecule has 18 heavy (non-hydrogen) atoms. The Morgan fingerprint density at radius 3 is 2.50 bits per heavy atom. The number of hydrogen-bond donors (Lipinski definition) is 1. The average molecular weight is 247 g/mol. The van der Waals surface area contributed by atoms with Crippen LogP contribution in [-0.4, -0.2) is 35.0 Å². The van der Waals surface area contributed by atoms with E-state index in [9.17, 15) is 9.59 Å². The number of amides is 1. The molecular weight excluding hydrogens is 230 g/mol. The Balaban J connectivity index is 1.99. The summed E-state index contributed by atoms with van der Waals surface area (Å²) >= 11 is 0. The highest BCUT2D eigenvalue weighted by Gasteiger charge is 2.46. The van der Waals surface area contributed by atoms with Crippen molar-refractivity contribution in [2.24, 2.45) is 5.92 Å². The van der Waals surface area contributed by atoms with Crippen LogP contribution in [0.3, 0.4) is 0 Å². The number of carbonyl (C=O) groups is 2. The van der Waals surface area contributed by atoms with E-state index in [2.05, 4.69) is 0 Å². The third kappa shape index (κ3) is 2.37. The highest BCUT2D eigenvalue weighted by molar-refractivity contribution is 5.87. The minimum atomic E-state index is -0.970. The summed E-state index contributed by atoms with van der Waals surface area (Å²) in [6.07, 6.45) is 0.819. The Morgan fingerprint density at radius 1 is 1.33 bits per heavy atom. The zero-order valence-electron chi connectivity index (χ0n) is 10.5. The van der Waals surface area contributed by atoms with E-state index in [1.807, 2.05) is 30.3 Å². The fraction of sp³-hybridized carbons (Fsp3) is 0.429. The molecule has 0 radical (unpaired) electrons. The molecule has 1 N–H and O–H groups in total. The first-order valence-electron chi connectivity index (χ1n) is 6.06. The lowest BCUT2D eigenvalue weighted by Gasteiger charge is -2.21. The summed E-state index contributed by atoms with van der Waals surface area (Å²) in [5, 5.41) is 8.89. The molecule has 4 nitrogen and oxygen atoms in total. The van der Waals surface area contributed by atoms with Gasteiger partial charge in [-0.15, -0.1) is 0 Å². The highest BCUT2D eigenvalue weighted by atomic mass is 16.4. The van der Waals surface area contributed by atoms with Crippen LogP contribution < -0.4 is 0 Å². The predicted molar refractivity (Wildman–Crippen MR) is 67.2 cm³/mol. The number of aliphatic carboxylic acids is 1. The number of carbonyl (C=O) groups excluding carboxylic acids is 1. The molecule has 96 valence electrons. The number of hydrogen-bond acceptors (Lipinski definition) is 2. The minimum absolute atomic E-state index is 0.0563. The SMILES string of the molecule is CC(C(=O)O)N(C)C(=O)C1CC1c1ccccc1. The molecule has 3 atom stereocenters. The van der Waals surface area contributed by atoms with Gasteiger partial charge in [-0.05, 0) is 24.8 Å². The van der Waals surface area contributed by atoms with Crippen molar-refractivity contribution in [1.82, 2.24) is 4.90 Å². The van der Waals surface area contributed by atoms with Crippen molar-refractivity contribution in [1.29, 1.82) is 0 Å². The summed E-state index contributed by atoms with van der Waals surface area (Å²) in [6.45, 7) is 1.53. The average Bonchev–Trinajstić information content (AvgIpc) is 3.17. The molecule has 0 spiro atoms. The number of rotatable bonds is 4. The molecule has 3 unspecified atom stereocenters. The van der Waals surface area contributed by atoms with Crippen LogP contribution in [0.15, 0.2) is 30.3 Å². The van der Waals surface area contributed by atoms with Gasteiger partial charge in [0.25, 0.3) is 0 Å². The van der Waals surface area contributed by atoms with Gasteiger partial charge in [0.1, 0.15) is 6.04 Å². The maximum Gasteiger partial charge on any atom is 0.326 e. The highest BCUT2D eigenvalue weighted by Crippen LogP contribution is 2.48. The van der Waals surface area contributed by atoms with Crippen LogP contribution in [0.2, 0.25) is 0 Å². The van der Waals surface area contributed by atoms with Gasteiger partial charge in [0.2, 0.25) is 5.91 Å². The fourth-order valence-electron chi connectivity index (χ4n) is 2.15. The van der Waals surface area contributed by atoms with Crippen LogP contribution >= 0.6 is 0 Å². The molecule has 0 aliphatic heterocycles. The Hall–Kier alpha value is -1.84. The minimum Gasteiger partial charge on any atom is -0.480 e. The van der Waals surface area contributed by atoms with Gasteiger partial charge >= 0.3 is 5.97 Å². The molecule has 1 aromatic carbocycles. The number of carboxylic acid groups (broad SMARTS) is 1. The summed E-state index contributed by atoms with van der Waals surface area (Å²) in [6, 6.07) is 9.12.